The number of nitrogens with zero attached hydrogens (tertiary/aromatic N) is 2. The molecule has 2 rings (SSSR count). The van der Waals surface area contributed by atoms with Crippen LogP contribution in [0.4, 0.5) is 0 Å². The van der Waals surface area contributed by atoms with E-state index in [4.69, 9.17) is 5.73 Å². The maximum absolute atomic E-state index is 12.9. The standard InChI is InChI=1S/C20H31N3O2.ClH/c1-14(2)19(24)22(4)13-16-8-10-17(11-9-16)20(25)23-12-6-5-7-18(23)15(3)21;/h8-11,14-15,18H,5-7,12-13,21H2,1-4H3;1H. The van der Waals surface area contributed by atoms with Crippen molar-refractivity contribution in [3.8, 4) is 0 Å². The molecule has 0 bridgehead atoms. The first-order valence-corrected chi connectivity index (χ1v) is 9.21. The molecule has 0 aromatic heterocycles. The predicted octanol–water partition coefficient (Wildman–Crippen LogP) is 3.06. The number of nitrogens with two attached hydrogens (primary N) is 1. The number of hydrogen-bond acceptors (Lipinski definition) is 3. The molecule has 2 unspecified atom stereocenters. The van der Waals surface area contributed by atoms with Crippen molar-refractivity contribution in [3.63, 3.8) is 0 Å². The van der Waals surface area contributed by atoms with Gasteiger partial charge in [0.25, 0.3) is 5.91 Å². The number of amides is 2. The Morgan fingerprint density at radius 3 is 2.35 bits per heavy atom. The molecule has 1 aliphatic rings. The molecule has 0 aliphatic carbocycles. The molecule has 26 heavy (non-hydrogen) atoms. The van der Waals surface area contributed by atoms with Crippen molar-refractivity contribution in [2.45, 2.75) is 58.7 Å². The third-order valence-electron chi connectivity index (χ3n) is 4.91. The molecule has 1 aliphatic heterocycles. The van der Waals surface area contributed by atoms with Gasteiger partial charge in [0, 0.05) is 43.7 Å². The Kier molecular flexibility index (Phi) is 8.57. The second-order valence-electron chi connectivity index (χ2n) is 7.47. The van der Waals surface area contributed by atoms with Crippen LogP contribution in [0.15, 0.2) is 24.3 Å². The topological polar surface area (TPSA) is 66.6 Å². The number of likely N-dealkylation sites (tertiary alicyclic amines) is 1. The maximum atomic E-state index is 12.9. The zero-order chi connectivity index (χ0) is 18.6. The van der Waals surface area contributed by atoms with Crippen LogP contribution in [0.25, 0.3) is 0 Å². The molecule has 2 N–H and O–H groups in total. The molecule has 5 nitrogen and oxygen atoms in total. The van der Waals surface area contributed by atoms with Crippen LogP contribution in [-0.2, 0) is 11.3 Å². The number of rotatable bonds is 5. The largest absolute Gasteiger partial charge is 0.341 e. The SMILES string of the molecule is CC(C)C(=O)N(C)Cc1ccc(C(=O)N2CCCCC2C(C)N)cc1.Cl. The van der Waals surface area contributed by atoms with Gasteiger partial charge in [-0.25, -0.2) is 0 Å². The van der Waals surface area contributed by atoms with Crippen LogP contribution in [-0.4, -0.2) is 47.3 Å². The lowest BCUT2D eigenvalue weighted by Gasteiger charge is -2.38. The van der Waals surface area contributed by atoms with Crippen molar-refractivity contribution in [1.29, 1.82) is 0 Å². The molecule has 1 fully saturated rings. The van der Waals surface area contributed by atoms with E-state index < -0.39 is 0 Å². The fourth-order valence-electron chi connectivity index (χ4n) is 3.47. The van der Waals surface area contributed by atoms with Crippen molar-refractivity contribution in [2.75, 3.05) is 13.6 Å². The quantitative estimate of drug-likeness (QED) is 0.852. The average molecular weight is 382 g/mol. The number of piperidine rings is 1. The normalized spacial score (nSPS) is 18.2. The molecule has 1 heterocycles. The van der Waals surface area contributed by atoms with E-state index in [0.717, 1.165) is 31.4 Å². The Morgan fingerprint density at radius 1 is 1.19 bits per heavy atom. The number of carbonyl (C=O) groups excluding carboxylic acids is 2. The van der Waals surface area contributed by atoms with Gasteiger partial charge < -0.3 is 15.5 Å². The van der Waals surface area contributed by atoms with Gasteiger partial charge in [-0.15, -0.1) is 12.4 Å². The van der Waals surface area contributed by atoms with Crippen LogP contribution in [0.1, 0.15) is 56.0 Å². The summed E-state index contributed by atoms with van der Waals surface area (Å²) in [7, 11) is 1.81. The molecular weight excluding hydrogens is 350 g/mol. The molecule has 1 saturated heterocycles. The van der Waals surface area contributed by atoms with Crippen LogP contribution >= 0.6 is 12.4 Å². The van der Waals surface area contributed by atoms with E-state index in [1.54, 1.807) is 4.90 Å². The predicted molar refractivity (Wildman–Crippen MR) is 107 cm³/mol. The summed E-state index contributed by atoms with van der Waals surface area (Å²) in [5.74, 6) is 0.161. The van der Waals surface area contributed by atoms with Gasteiger partial charge in [0.2, 0.25) is 5.91 Å². The lowest BCUT2D eigenvalue weighted by molar-refractivity contribution is -0.133. The van der Waals surface area contributed by atoms with E-state index in [-0.39, 0.29) is 42.2 Å². The highest BCUT2D eigenvalue weighted by Gasteiger charge is 2.29. The van der Waals surface area contributed by atoms with Gasteiger partial charge in [-0.05, 0) is 43.9 Å². The van der Waals surface area contributed by atoms with E-state index in [1.807, 2.05) is 57.0 Å². The van der Waals surface area contributed by atoms with Crippen LogP contribution in [0.2, 0.25) is 0 Å². The number of halogens is 1. The molecule has 1 aromatic rings. The Morgan fingerprint density at radius 2 is 1.81 bits per heavy atom. The van der Waals surface area contributed by atoms with E-state index in [9.17, 15) is 9.59 Å². The number of carbonyl (C=O) groups is 2. The summed E-state index contributed by atoms with van der Waals surface area (Å²) in [6.45, 7) is 7.10. The van der Waals surface area contributed by atoms with Crippen LogP contribution in [0.3, 0.4) is 0 Å². The first kappa shape index (κ1) is 22.5. The molecule has 0 spiro atoms. The van der Waals surface area contributed by atoms with Crippen molar-refractivity contribution >= 4 is 24.2 Å². The zero-order valence-corrected chi connectivity index (χ0v) is 17.1. The Balaban J connectivity index is 0.00000338. The van der Waals surface area contributed by atoms with Crippen LogP contribution in [0.5, 0.6) is 0 Å². The Labute approximate surface area is 163 Å². The smallest absolute Gasteiger partial charge is 0.254 e. The Bertz CT molecular complexity index is 602. The number of hydrogen-bond donors (Lipinski definition) is 1. The van der Waals surface area contributed by atoms with Gasteiger partial charge in [-0.1, -0.05) is 26.0 Å². The summed E-state index contributed by atoms with van der Waals surface area (Å²) in [6, 6.07) is 7.69. The molecule has 0 saturated carbocycles. The van der Waals surface area contributed by atoms with Gasteiger partial charge in [0.1, 0.15) is 0 Å². The molecule has 2 atom stereocenters. The minimum atomic E-state index is -0.0146. The van der Waals surface area contributed by atoms with Crippen LogP contribution in [0, 0.1) is 5.92 Å². The highest BCUT2D eigenvalue weighted by Crippen LogP contribution is 2.22. The summed E-state index contributed by atoms with van der Waals surface area (Å²) >= 11 is 0. The zero-order valence-electron chi connectivity index (χ0n) is 16.3. The lowest BCUT2D eigenvalue weighted by Crippen LogP contribution is -2.51. The summed E-state index contributed by atoms with van der Waals surface area (Å²) in [5.41, 5.74) is 7.79. The Hall–Kier alpha value is -1.59. The van der Waals surface area contributed by atoms with Crippen molar-refractivity contribution in [3.05, 3.63) is 35.4 Å². The van der Waals surface area contributed by atoms with E-state index in [0.29, 0.717) is 12.1 Å². The molecule has 0 radical (unpaired) electrons. The first-order chi connectivity index (χ1) is 11.8. The molecule has 1 aromatic carbocycles. The summed E-state index contributed by atoms with van der Waals surface area (Å²) in [5, 5.41) is 0. The summed E-state index contributed by atoms with van der Waals surface area (Å²) in [6.07, 6.45) is 3.14. The lowest BCUT2D eigenvalue weighted by atomic mass is 9.96. The minimum Gasteiger partial charge on any atom is -0.341 e. The summed E-state index contributed by atoms with van der Waals surface area (Å²) in [4.78, 5) is 28.5. The fraction of sp³-hybridized carbons (Fsp3) is 0.600. The fourth-order valence-corrected chi connectivity index (χ4v) is 3.47. The molecule has 2 amide bonds. The van der Waals surface area contributed by atoms with Crippen molar-refractivity contribution < 1.29 is 9.59 Å². The van der Waals surface area contributed by atoms with E-state index >= 15 is 0 Å². The van der Waals surface area contributed by atoms with Crippen molar-refractivity contribution in [2.24, 2.45) is 11.7 Å². The molecular formula is C20H32ClN3O2. The monoisotopic (exact) mass is 381 g/mol. The second kappa shape index (κ2) is 9.93. The highest BCUT2D eigenvalue weighted by molar-refractivity contribution is 5.94. The highest BCUT2D eigenvalue weighted by atomic mass is 35.5. The van der Waals surface area contributed by atoms with Gasteiger partial charge in [0.05, 0.1) is 0 Å². The minimum absolute atomic E-state index is 0. The van der Waals surface area contributed by atoms with Crippen LogP contribution < -0.4 is 5.73 Å². The maximum Gasteiger partial charge on any atom is 0.254 e. The molecule has 146 valence electrons. The van der Waals surface area contributed by atoms with Gasteiger partial charge in [0.15, 0.2) is 0 Å². The van der Waals surface area contributed by atoms with Gasteiger partial charge in [-0.3, -0.25) is 9.59 Å². The second-order valence-corrected chi connectivity index (χ2v) is 7.47. The number of benzene rings is 1. The molecule has 6 heteroatoms. The van der Waals surface area contributed by atoms with E-state index in [2.05, 4.69) is 0 Å². The van der Waals surface area contributed by atoms with E-state index in [1.165, 1.54) is 0 Å². The van der Waals surface area contributed by atoms with Crippen molar-refractivity contribution in [1.82, 2.24) is 9.80 Å². The van der Waals surface area contributed by atoms with Gasteiger partial charge in [-0.2, -0.15) is 0 Å². The van der Waals surface area contributed by atoms with Gasteiger partial charge >= 0.3 is 0 Å². The summed E-state index contributed by atoms with van der Waals surface area (Å²) < 4.78 is 0. The third-order valence-corrected chi connectivity index (χ3v) is 4.91. The first-order valence-electron chi connectivity index (χ1n) is 9.21. The third kappa shape index (κ3) is 5.45. The average Bonchev–Trinajstić information content (AvgIpc) is 2.60.